The van der Waals surface area contributed by atoms with Gasteiger partial charge >= 0.3 is 6.18 Å². The molecule has 1 heterocycles. The van der Waals surface area contributed by atoms with E-state index < -0.39 is 38.3 Å². The standard InChI is InChI=1S/C24H26F3N3O5S/c1-23(2,3)36(34,35)28-13-5-4-6-20(31)29-16-9-12-18-19(14-16)22(33)30(21(18)32)17-10-7-15(8-11-17)24(25,26)27/h7-12,14,28H,4-6,13H2,1-3H3,(H,29,31). The number of anilines is 2. The van der Waals surface area contributed by atoms with Gasteiger partial charge < -0.3 is 5.32 Å². The summed E-state index contributed by atoms with van der Waals surface area (Å²) in [5, 5.41) is 2.63. The van der Waals surface area contributed by atoms with Crippen molar-refractivity contribution in [3.63, 3.8) is 0 Å². The number of carbonyl (C=O) groups is 3. The van der Waals surface area contributed by atoms with Crippen molar-refractivity contribution >= 4 is 39.1 Å². The lowest BCUT2D eigenvalue weighted by atomic mass is 10.1. The maximum Gasteiger partial charge on any atom is 0.416 e. The maximum atomic E-state index is 12.8. The molecule has 3 amide bonds. The van der Waals surface area contributed by atoms with E-state index in [4.69, 9.17) is 0 Å². The topological polar surface area (TPSA) is 113 Å². The first-order valence-electron chi connectivity index (χ1n) is 11.1. The number of alkyl halides is 3. The van der Waals surface area contributed by atoms with Gasteiger partial charge in [0.25, 0.3) is 11.8 Å². The lowest BCUT2D eigenvalue weighted by molar-refractivity contribution is -0.137. The van der Waals surface area contributed by atoms with Gasteiger partial charge in [-0.05, 0) is 76.1 Å². The Morgan fingerprint density at radius 1 is 0.917 bits per heavy atom. The molecule has 0 fully saturated rings. The molecule has 0 atom stereocenters. The van der Waals surface area contributed by atoms with E-state index >= 15 is 0 Å². The quantitative estimate of drug-likeness (QED) is 0.394. The van der Waals surface area contributed by atoms with Gasteiger partial charge in [-0.3, -0.25) is 14.4 Å². The molecule has 0 spiro atoms. The van der Waals surface area contributed by atoms with Crippen LogP contribution in [0.1, 0.15) is 66.3 Å². The molecular weight excluding hydrogens is 499 g/mol. The van der Waals surface area contributed by atoms with E-state index in [9.17, 15) is 36.0 Å². The van der Waals surface area contributed by atoms with Crippen molar-refractivity contribution in [3.05, 3.63) is 59.2 Å². The molecule has 0 aliphatic carbocycles. The van der Waals surface area contributed by atoms with E-state index in [-0.39, 0.29) is 41.4 Å². The third-order valence-electron chi connectivity index (χ3n) is 5.55. The van der Waals surface area contributed by atoms with Gasteiger partial charge in [-0.25, -0.2) is 18.0 Å². The fourth-order valence-corrected chi connectivity index (χ4v) is 4.26. The minimum atomic E-state index is -4.55. The highest BCUT2D eigenvalue weighted by molar-refractivity contribution is 7.90. The molecule has 3 rings (SSSR count). The van der Waals surface area contributed by atoms with Gasteiger partial charge in [0.2, 0.25) is 15.9 Å². The van der Waals surface area contributed by atoms with Crippen LogP contribution in [-0.4, -0.2) is 37.4 Å². The van der Waals surface area contributed by atoms with Crippen LogP contribution in [-0.2, 0) is 21.0 Å². The molecule has 1 aliphatic rings. The molecule has 2 aromatic rings. The van der Waals surface area contributed by atoms with Crippen LogP contribution in [0.2, 0.25) is 0 Å². The zero-order valence-corrected chi connectivity index (χ0v) is 20.7. The van der Waals surface area contributed by atoms with E-state index in [1.54, 1.807) is 20.8 Å². The number of nitrogens with one attached hydrogen (secondary N) is 2. The van der Waals surface area contributed by atoms with Gasteiger partial charge in [0.05, 0.1) is 27.1 Å². The van der Waals surface area contributed by atoms with Crippen molar-refractivity contribution in [2.45, 2.75) is 51.0 Å². The smallest absolute Gasteiger partial charge is 0.326 e. The third kappa shape index (κ3) is 5.93. The number of hydrogen-bond donors (Lipinski definition) is 2. The van der Waals surface area contributed by atoms with Crippen LogP contribution in [0.15, 0.2) is 42.5 Å². The van der Waals surface area contributed by atoms with Gasteiger partial charge in [0.15, 0.2) is 0 Å². The van der Waals surface area contributed by atoms with Crippen LogP contribution in [0.5, 0.6) is 0 Å². The zero-order valence-electron chi connectivity index (χ0n) is 19.9. The number of sulfonamides is 1. The number of nitrogens with zero attached hydrogens (tertiary/aromatic N) is 1. The summed E-state index contributed by atoms with van der Waals surface area (Å²) in [4.78, 5) is 38.6. The Hall–Kier alpha value is -3.25. The van der Waals surface area contributed by atoms with Crippen molar-refractivity contribution in [1.29, 1.82) is 0 Å². The van der Waals surface area contributed by atoms with Crippen LogP contribution in [0.25, 0.3) is 0 Å². The van der Waals surface area contributed by atoms with Gasteiger partial charge in [0, 0.05) is 18.7 Å². The van der Waals surface area contributed by atoms with Crippen molar-refractivity contribution < 1.29 is 36.0 Å². The van der Waals surface area contributed by atoms with Gasteiger partial charge in [-0.1, -0.05) is 0 Å². The highest BCUT2D eigenvalue weighted by Crippen LogP contribution is 2.34. The summed E-state index contributed by atoms with van der Waals surface area (Å²) in [6.07, 6.45) is -3.57. The van der Waals surface area contributed by atoms with Crippen LogP contribution >= 0.6 is 0 Å². The first kappa shape index (κ1) is 27.3. The first-order chi connectivity index (χ1) is 16.6. The highest BCUT2D eigenvalue weighted by atomic mass is 32.2. The van der Waals surface area contributed by atoms with Crippen molar-refractivity contribution in [1.82, 2.24) is 4.72 Å². The summed E-state index contributed by atoms with van der Waals surface area (Å²) in [5.41, 5.74) is -0.526. The van der Waals surface area contributed by atoms with Crippen LogP contribution in [0, 0.1) is 0 Å². The molecule has 0 radical (unpaired) electrons. The van der Waals surface area contributed by atoms with Crippen molar-refractivity contribution in [2.75, 3.05) is 16.8 Å². The van der Waals surface area contributed by atoms with Crippen molar-refractivity contribution in [3.8, 4) is 0 Å². The molecule has 0 bridgehead atoms. The first-order valence-corrected chi connectivity index (χ1v) is 12.6. The number of carbonyl (C=O) groups excluding carboxylic acids is 3. The SMILES string of the molecule is CC(C)(C)S(=O)(=O)NCCCCC(=O)Nc1ccc2c(c1)C(=O)N(c1ccc(C(F)(F)F)cc1)C2=O. The number of benzene rings is 2. The Labute approximate surface area is 206 Å². The van der Waals surface area contributed by atoms with Crippen LogP contribution < -0.4 is 14.9 Å². The summed E-state index contributed by atoms with van der Waals surface area (Å²) in [7, 11) is -3.46. The monoisotopic (exact) mass is 525 g/mol. The normalized spacial score (nSPS) is 14.2. The molecule has 194 valence electrons. The van der Waals surface area contributed by atoms with E-state index in [2.05, 4.69) is 10.0 Å². The Morgan fingerprint density at radius 2 is 1.53 bits per heavy atom. The molecular formula is C24H26F3N3O5S. The van der Waals surface area contributed by atoms with E-state index in [0.29, 0.717) is 12.8 Å². The van der Waals surface area contributed by atoms with Crippen LogP contribution in [0.3, 0.4) is 0 Å². The molecule has 1 aliphatic heterocycles. The van der Waals surface area contributed by atoms with E-state index in [0.717, 1.165) is 29.2 Å². The Kier molecular flexibility index (Phi) is 7.61. The summed E-state index contributed by atoms with van der Waals surface area (Å²) in [5.74, 6) is -1.74. The molecule has 36 heavy (non-hydrogen) atoms. The average molecular weight is 526 g/mol. The lowest BCUT2D eigenvalue weighted by Gasteiger charge is -2.19. The summed E-state index contributed by atoms with van der Waals surface area (Å²) in [6.45, 7) is 4.95. The second kappa shape index (κ2) is 10.0. The number of rotatable bonds is 8. The Bertz CT molecular complexity index is 1280. The molecule has 2 N–H and O–H groups in total. The number of hydrogen-bond acceptors (Lipinski definition) is 5. The number of halogens is 3. The fraction of sp³-hybridized carbons (Fsp3) is 0.375. The number of imide groups is 1. The Balaban J connectivity index is 1.59. The number of unbranched alkanes of at least 4 members (excludes halogenated alkanes) is 1. The summed E-state index contributed by atoms with van der Waals surface area (Å²) >= 11 is 0. The molecule has 0 aromatic heterocycles. The average Bonchev–Trinajstić information content (AvgIpc) is 3.01. The molecule has 12 heteroatoms. The minimum absolute atomic E-state index is 0.00173. The van der Waals surface area contributed by atoms with Gasteiger partial charge in [0.1, 0.15) is 0 Å². The van der Waals surface area contributed by atoms with Crippen LogP contribution in [0.4, 0.5) is 24.5 Å². The predicted molar refractivity (Wildman–Crippen MR) is 128 cm³/mol. The second-order valence-corrected chi connectivity index (χ2v) is 11.8. The predicted octanol–water partition coefficient (Wildman–Crippen LogP) is 4.33. The van der Waals surface area contributed by atoms with Gasteiger partial charge in [-0.15, -0.1) is 0 Å². The maximum absolute atomic E-state index is 12.8. The lowest BCUT2D eigenvalue weighted by Crippen LogP contribution is -2.39. The summed E-state index contributed by atoms with van der Waals surface area (Å²) in [6, 6.07) is 7.85. The molecule has 2 aromatic carbocycles. The van der Waals surface area contributed by atoms with E-state index in [1.165, 1.54) is 18.2 Å². The molecule has 0 unspecified atom stereocenters. The largest absolute Gasteiger partial charge is 0.416 e. The fourth-order valence-electron chi connectivity index (χ4n) is 3.41. The molecule has 0 saturated heterocycles. The van der Waals surface area contributed by atoms with Gasteiger partial charge in [-0.2, -0.15) is 13.2 Å². The Morgan fingerprint density at radius 3 is 2.11 bits per heavy atom. The third-order valence-corrected chi connectivity index (χ3v) is 7.75. The minimum Gasteiger partial charge on any atom is -0.326 e. The van der Waals surface area contributed by atoms with E-state index in [1.807, 2.05) is 0 Å². The zero-order chi connectivity index (χ0) is 26.9. The molecule has 8 nitrogen and oxygen atoms in total. The number of fused-ring (bicyclic) bond motifs is 1. The highest BCUT2D eigenvalue weighted by Gasteiger charge is 2.38. The second-order valence-electron chi connectivity index (χ2n) is 9.27. The summed E-state index contributed by atoms with van der Waals surface area (Å²) < 4.78 is 64.0. The van der Waals surface area contributed by atoms with Crippen molar-refractivity contribution in [2.24, 2.45) is 0 Å². The number of amides is 3. The molecule has 0 saturated carbocycles.